The molecule has 0 aliphatic rings. The number of carbonyl (C=O) groups is 2. The number of nitrogens with one attached hydrogen (secondary N) is 1. The predicted molar refractivity (Wildman–Crippen MR) is 83.2 cm³/mol. The molecule has 124 valence electrons. The van der Waals surface area contributed by atoms with Gasteiger partial charge in [0, 0.05) is 24.0 Å². The Morgan fingerprint density at radius 1 is 1.25 bits per heavy atom. The number of nitrogens with zero attached hydrogens (tertiary/aromatic N) is 2. The molecule has 0 saturated heterocycles. The van der Waals surface area contributed by atoms with Crippen molar-refractivity contribution in [2.75, 3.05) is 19.5 Å². The van der Waals surface area contributed by atoms with Crippen LogP contribution in [0.25, 0.3) is 0 Å². The minimum Gasteiger partial charge on any atom is -0.480 e. The number of amides is 1. The molecular weight excluding hydrogens is 318 g/mol. The molecule has 9 heteroatoms. The van der Waals surface area contributed by atoms with Crippen LogP contribution in [0.5, 0.6) is 5.88 Å². The predicted octanol–water partition coefficient (Wildman–Crippen LogP) is 2.04. The second-order valence-electron chi connectivity index (χ2n) is 4.53. The number of ether oxygens (including phenoxy) is 2. The summed E-state index contributed by atoms with van der Waals surface area (Å²) in [4.78, 5) is 38.1. The van der Waals surface area contributed by atoms with Gasteiger partial charge in [0.25, 0.3) is 11.6 Å². The Hall–Kier alpha value is -3.49. The molecule has 0 fully saturated rings. The van der Waals surface area contributed by atoms with E-state index in [2.05, 4.69) is 15.0 Å². The number of hydrogen-bond acceptors (Lipinski definition) is 7. The SMILES string of the molecule is COC(=O)c1cc(NC(=O)c2cccnc2OC)cc([N+](=O)[O-])c1. The van der Waals surface area contributed by atoms with Crippen LogP contribution >= 0.6 is 0 Å². The quantitative estimate of drug-likeness (QED) is 0.505. The number of aromatic nitrogens is 1. The summed E-state index contributed by atoms with van der Waals surface area (Å²) in [5, 5.41) is 13.5. The molecule has 0 aliphatic heterocycles. The van der Waals surface area contributed by atoms with Crippen LogP contribution in [0, 0.1) is 10.1 Å². The van der Waals surface area contributed by atoms with Crippen LogP contribution in [-0.4, -0.2) is 36.0 Å². The van der Waals surface area contributed by atoms with Crippen molar-refractivity contribution >= 4 is 23.3 Å². The van der Waals surface area contributed by atoms with Crippen LogP contribution in [-0.2, 0) is 4.74 Å². The van der Waals surface area contributed by atoms with Crippen LogP contribution < -0.4 is 10.1 Å². The number of anilines is 1. The van der Waals surface area contributed by atoms with E-state index in [-0.39, 0.29) is 28.4 Å². The average Bonchev–Trinajstić information content (AvgIpc) is 2.60. The number of pyridine rings is 1. The van der Waals surface area contributed by atoms with Crippen molar-refractivity contribution in [3.05, 3.63) is 57.8 Å². The maximum atomic E-state index is 12.3. The van der Waals surface area contributed by atoms with Gasteiger partial charge in [-0.3, -0.25) is 14.9 Å². The van der Waals surface area contributed by atoms with Crippen LogP contribution in [0.15, 0.2) is 36.5 Å². The number of methoxy groups -OCH3 is 2. The van der Waals surface area contributed by atoms with Gasteiger partial charge in [0.05, 0.1) is 24.7 Å². The highest BCUT2D eigenvalue weighted by Gasteiger charge is 2.18. The Balaban J connectivity index is 2.38. The van der Waals surface area contributed by atoms with Crippen LogP contribution in [0.4, 0.5) is 11.4 Å². The minimum atomic E-state index is -0.756. The molecule has 0 unspecified atom stereocenters. The van der Waals surface area contributed by atoms with Gasteiger partial charge in [-0.05, 0) is 18.2 Å². The second kappa shape index (κ2) is 7.18. The van der Waals surface area contributed by atoms with Crippen LogP contribution in [0.2, 0.25) is 0 Å². The molecule has 9 nitrogen and oxygen atoms in total. The molecule has 1 aromatic carbocycles. The Bertz CT molecular complexity index is 806. The first-order valence-corrected chi connectivity index (χ1v) is 6.64. The van der Waals surface area contributed by atoms with Gasteiger partial charge in [-0.15, -0.1) is 0 Å². The van der Waals surface area contributed by atoms with E-state index in [4.69, 9.17) is 4.74 Å². The molecule has 0 saturated carbocycles. The van der Waals surface area contributed by atoms with E-state index < -0.39 is 16.8 Å². The van der Waals surface area contributed by atoms with Gasteiger partial charge in [-0.2, -0.15) is 0 Å². The first kappa shape index (κ1) is 16.9. The zero-order valence-electron chi connectivity index (χ0n) is 12.8. The molecule has 0 radical (unpaired) electrons. The fraction of sp³-hybridized carbons (Fsp3) is 0.133. The molecular formula is C15H13N3O6. The second-order valence-corrected chi connectivity index (χ2v) is 4.53. The fourth-order valence-electron chi connectivity index (χ4n) is 1.95. The van der Waals surface area contributed by atoms with Crippen molar-refractivity contribution < 1.29 is 24.0 Å². The lowest BCUT2D eigenvalue weighted by Crippen LogP contribution is -2.14. The third-order valence-electron chi connectivity index (χ3n) is 3.02. The average molecular weight is 331 g/mol. The van der Waals surface area contributed by atoms with E-state index in [9.17, 15) is 19.7 Å². The summed E-state index contributed by atoms with van der Waals surface area (Å²) in [7, 11) is 2.52. The molecule has 0 aliphatic carbocycles. The minimum absolute atomic E-state index is 0.0554. The van der Waals surface area contributed by atoms with E-state index in [1.165, 1.54) is 25.4 Å². The van der Waals surface area contributed by atoms with Gasteiger partial charge in [0.15, 0.2) is 0 Å². The van der Waals surface area contributed by atoms with Gasteiger partial charge in [0.1, 0.15) is 5.56 Å². The van der Waals surface area contributed by atoms with Gasteiger partial charge >= 0.3 is 5.97 Å². The van der Waals surface area contributed by atoms with Crippen molar-refractivity contribution in [3.63, 3.8) is 0 Å². The Labute approximate surface area is 136 Å². The highest BCUT2D eigenvalue weighted by Crippen LogP contribution is 2.23. The summed E-state index contributed by atoms with van der Waals surface area (Å²) in [5.41, 5.74) is -0.196. The summed E-state index contributed by atoms with van der Waals surface area (Å²) in [6, 6.07) is 6.50. The maximum absolute atomic E-state index is 12.3. The molecule has 0 atom stereocenters. The number of esters is 1. The largest absolute Gasteiger partial charge is 0.480 e. The summed E-state index contributed by atoms with van der Waals surface area (Å²) in [5.74, 6) is -1.24. The van der Waals surface area contributed by atoms with Crippen molar-refractivity contribution in [1.82, 2.24) is 4.98 Å². The highest BCUT2D eigenvalue weighted by molar-refractivity contribution is 6.06. The molecule has 1 aromatic heterocycles. The van der Waals surface area contributed by atoms with Gasteiger partial charge in [-0.1, -0.05) is 0 Å². The molecule has 1 heterocycles. The molecule has 1 N–H and O–H groups in total. The third kappa shape index (κ3) is 3.64. The lowest BCUT2D eigenvalue weighted by molar-refractivity contribution is -0.384. The topological polar surface area (TPSA) is 121 Å². The Morgan fingerprint density at radius 3 is 2.62 bits per heavy atom. The lowest BCUT2D eigenvalue weighted by Gasteiger charge is -2.09. The van der Waals surface area contributed by atoms with E-state index in [1.807, 2.05) is 0 Å². The van der Waals surface area contributed by atoms with Crippen LogP contribution in [0.3, 0.4) is 0 Å². The summed E-state index contributed by atoms with van der Waals surface area (Å²) >= 11 is 0. The number of nitro benzene ring substituents is 1. The smallest absolute Gasteiger partial charge is 0.338 e. The van der Waals surface area contributed by atoms with Crippen molar-refractivity contribution in [3.8, 4) is 5.88 Å². The highest BCUT2D eigenvalue weighted by atomic mass is 16.6. The molecule has 2 aromatic rings. The number of hydrogen-bond donors (Lipinski definition) is 1. The van der Waals surface area contributed by atoms with E-state index >= 15 is 0 Å². The van der Waals surface area contributed by atoms with Crippen molar-refractivity contribution in [2.45, 2.75) is 0 Å². The van der Waals surface area contributed by atoms with E-state index in [1.54, 1.807) is 6.07 Å². The number of benzene rings is 1. The Morgan fingerprint density at radius 2 is 2.00 bits per heavy atom. The zero-order valence-corrected chi connectivity index (χ0v) is 12.8. The fourth-order valence-corrected chi connectivity index (χ4v) is 1.95. The monoisotopic (exact) mass is 331 g/mol. The van der Waals surface area contributed by atoms with Gasteiger partial charge in [0.2, 0.25) is 5.88 Å². The number of nitro groups is 1. The molecule has 0 spiro atoms. The van der Waals surface area contributed by atoms with Crippen molar-refractivity contribution in [2.24, 2.45) is 0 Å². The van der Waals surface area contributed by atoms with Gasteiger partial charge in [-0.25, -0.2) is 9.78 Å². The standard InChI is InChI=1S/C15H13N3O6/c1-23-14-12(4-3-5-16-14)13(19)17-10-6-9(15(20)24-2)7-11(8-10)18(21)22/h3-8H,1-2H3,(H,17,19). The summed E-state index contributed by atoms with van der Waals surface area (Å²) in [6.07, 6.45) is 1.46. The first-order valence-electron chi connectivity index (χ1n) is 6.64. The van der Waals surface area contributed by atoms with E-state index in [0.717, 1.165) is 19.2 Å². The first-order chi connectivity index (χ1) is 11.5. The lowest BCUT2D eigenvalue weighted by atomic mass is 10.1. The number of carbonyl (C=O) groups excluding carboxylic acids is 2. The molecule has 24 heavy (non-hydrogen) atoms. The normalized spacial score (nSPS) is 9.92. The van der Waals surface area contributed by atoms with Crippen LogP contribution in [0.1, 0.15) is 20.7 Å². The summed E-state index contributed by atoms with van der Waals surface area (Å²) in [6.45, 7) is 0. The third-order valence-corrected chi connectivity index (χ3v) is 3.02. The zero-order chi connectivity index (χ0) is 17.7. The number of non-ortho nitro benzene ring substituents is 1. The van der Waals surface area contributed by atoms with Crippen molar-refractivity contribution in [1.29, 1.82) is 0 Å². The van der Waals surface area contributed by atoms with E-state index in [0.29, 0.717) is 0 Å². The maximum Gasteiger partial charge on any atom is 0.338 e. The molecule has 2 rings (SSSR count). The molecule has 1 amide bonds. The molecule has 0 bridgehead atoms. The summed E-state index contributed by atoms with van der Waals surface area (Å²) < 4.78 is 9.54. The van der Waals surface area contributed by atoms with Gasteiger partial charge < -0.3 is 14.8 Å². The number of rotatable bonds is 5. The Kier molecular flexibility index (Phi) is 5.05.